The molecule has 0 fully saturated rings. The molecule has 0 saturated carbocycles. The van der Waals surface area contributed by atoms with Gasteiger partial charge in [-0.2, -0.15) is 0 Å². The molecule has 0 unspecified atom stereocenters. The third kappa shape index (κ3) is 2.55. The smallest absolute Gasteiger partial charge is 0.107 e. The van der Waals surface area contributed by atoms with E-state index in [-0.39, 0.29) is 5.54 Å². The highest BCUT2D eigenvalue weighted by Crippen LogP contribution is 2.15. The second-order valence-corrected chi connectivity index (χ2v) is 4.46. The highest BCUT2D eigenvalue weighted by molar-refractivity contribution is 7.09. The predicted molar refractivity (Wildman–Crippen MR) is 56.5 cm³/mol. The number of terminal acetylenes is 1. The molecule has 1 heterocycles. The van der Waals surface area contributed by atoms with Gasteiger partial charge in [0.05, 0.1) is 12.1 Å². The molecule has 0 radical (unpaired) electrons. The number of hydrogen-bond acceptors (Lipinski definition) is 3. The van der Waals surface area contributed by atoms with E-state index < -0.39 is 0 Å². The summed E-state index contributed by atoms with van der Waals surface area (Å²) in [5, 5.41) is 3.08. The van der Waals surface area contributed by atoms with Gasteiger partial charge in [-0.25, -0.2) is 4.98 Å². The van der Waals surface area contributed by atoms with Crippen LogP contribution in [0.15, 0.2) is 11.6 Å². The van der Waals surface area contributed by atoms with Crippen LogP contribution in [0.2, 0.25) is 0 Å². The first-order valence-corrected chi connectivity index (χ1v) is 5.01. The molecule has 0 aromatic carbocycles. The molecule has 0 saturated heterocycles. The van der Waals surface area contributed by atoms with Gasteiger partial charge in [-0.3, -0.25) is 4.90 Å². The lowest BCUT2D eigenvalue weighted by Crippen LogP contribution is -2.38. The first-order chi connectivity index (χ1) is 6.06. The van der Waals surface area contributed by atoms with Crippen LogP contribution in [0.25, 0.3) is 0 Å². The Kier molecular flexibility index (Phi) is 3.07. The van der Waals surface area contributed by atoms with Gasteiger partial charge in [0.1, 0.15) is 5.01 Å². The van der Waals surface area contributed by atoms with Crippen molar-refractivity contribution in [2.75, 3.05) is 7.05 Å². The fourth-order valence-corrected chi connectivity index (χ4v) is 1.51. The average molecular weight is 194 g/mol. The number of nitrogens with zero attached hydrogens (tertiary/aromatic N) is 2. The Balaban J connectivity index is 2.62. The first kappa shape index (κ1) is 10.2. The molecule has 1 aromatic rings. The lowest BCUT2D eigenvalue weighted by atomic mass is 10.1. The van der Waals surface area contributed by atoms with Crippen LogP contribution in [0.4, 0.5) is 0 Å². The monoisotopic (exact) mass is 194 g/mol. The highest BCUT2D eigenvalue weighted by Gasteiger charge is 2.20. The van der Waals surface area contributed by atoms with Gasteiger partial charge in [-0.1, -0.05) is 5.92 Å². The zero-order valence-electron chi connectivity index (χ0n) is 8.24. The number of thiazole rings is 1. The van der Waals surface area contributed by atoms with Crippen LogP contribution in [0.1, 0.15) is 18.9 Å². The van der Waals surface area contributed by atoms with Crippen molar-refractivity contribution in [3.05, 3.63) is 16.6 Å². The Morgan fingerprint density at radius 3 is 2.85 bits per heavy atom. The van der Waals surface area contributed by atoms with Gasteiger partial charge in [0.25, 0.3) is 0 Å². The zero-order chi connectivity index (χ0) is 9.90. The fourth-order valence-electron chi connectivity index (χ4n) is 0.842. The second kappa shape index (κ2) is 3.91. The minimum Gasteiger partial charge on any atom is -0.284 e. The summed E-state index contributed by atoms with van der Waals surface area (Å²) in [5.41, 5.74) is -0.203. The van der Waals surface area contributed by atoms with E-state index in [4.69, 9.17) is 6.42 Å². The van der Waals surface area contributed by atoms with E-state index in [1.54, 1.807) is 11.3 Å². The molecule has 3 heteroatoms. The highest BCUT2D eigenvalue weighted by atomic mass is 32.1. The lowest BCUT2D eigenvalue weighted by Gasteiger charge is -2.29. The van der Waals surface area contributed by atoms with Crippen LogP contribution in [0.3, 0.4) is 0 Å². The molecule has 70 valence electrons. The molecule has 0 aliphatic carbocycles. The van der Waals surface area contributed by atoms with Crippen LogP contribution in [0.5, 0.6) is 0 Å². The Bertz CT molecular complexity index is 295. The van der Waals surface area contributed by atoms with Crippen LogP contribution < -0.4 is 0 Å². The molecule has 0 bridgehead atoms. The molecule has 0 aliphatic rings. The maximum atomic E-state index is 5.43. The van der Waals surface area contributed by atoms with Crippen molar-refractivity contribution in [2.24, 2.45) is 0 Å². The van der Waals surface area contributed by atoms with Gasteiger partial charge in [0.15, 0.2) is 0 Å². The Morgan fingerprint density at radius 1 is 1.69 bits per heavy atom. The van der Waals surface area contributed by atoms with Gasteiger partial charge in [-0.05, 0) is 20.9 Å². The largest absolute Gasteiger partial charge is 0.284 e. The number of hydrogen-bond donors (Lipinski definition) is 0. The maximum Gasteiger partial charge on any atom is 0.107 e. The van der Waals surface area contributed by atoms with Gasteiger partial charge >= 0.3 is 0 Å². The summed E-state index contributed by atoms with van der Waals surface area (Å²) in [4.78, 5) is 6.33. The van der Waals surface area contributed by atoms with E-state index in [1.165, 1.54) is 0 Å². The summed E-state index contributed by atoms with van der Waals surface area (Å²) in [6, 6.07) is 0. The molecule has 1 rings (SSSR count). The van der Waals surface area contributed by atoms with E-state index in [2.05, 4.69) is 15.8 Å². The lowest BCUT2D eigenvalue weighted by molar-refractivity contribution is 0.205. The molecule has 0 spiro atoms. The Labute approximate surface area is 83.6 Å². The van der Waals surface area contributed by atoms with E-state index in [0.717, 1.165) is 11.6 Å². The van der Waals surface area contributed by atoms with Crippen molar-refractivity contribution >= 4 is 11.3 Å². The summed E-state index contributed by atoms with van der Waals surface area (Å²) in [7, 11) is 2.02. The summed E-state index contributed by atoms with van der Waals surface area (Å²) in [6.45, 7) is 4.87. The molecule has 0 amide bonds. The second-order valence-electron chi connectivity index (χ2n) is 3.49. The SMILES string of the molecule is C#CC(C)(C)N(C)Cc1nccs1. The summed E-state index contributed by atoms with van der Waals surface area (Å²) in [6.07, 6.45) is 7.24. The molecule has 0 N–H and O–H groups in total. The van der Waals surface area contributed by atoms with E-state index in [9.17, 15) is 0 Å². The summed E-state index contributed by atoms with van der Waals surface area (Å²) < 4.78 is 0. The van der Waals surface area contributed by atoms with Crippen LogP contribution in [-0.4, -0.2) is 22.5 Å². The van der Waals surface area contributed by atoms with E-state index in [0.29, 0.717) is 0 Å². The van der Waals surface area contributed by atoms with E-state index in [1.807, 2.05) is 32.5 Å². The van der Waals surface area contributed by atoms with Gasteiger partial charge in [0, 0.05) is 11.6 Å². The summed E-state index contributed by atoms with van der Waals surface area (Å²) >= 11 is 1.66. The average Bonchev–Trinajstić information content (AvgIpc) is 2.57. The molecule has 1 aromatic heterocycles. The zero-order valence-corrected chi connectivity index (χ0v) is 9.06. The predicted octanol–water partition coefficient (Wildman–Crippen LogP) is 1.99. The van der Waals surface area contributed by atoms with Crippen molar-refractivity contribution in [3.8, 4) is 12.3 Å². The van der Waals surface area contributed by atoms with Gasteiger partial charge in [-0.15, -0.1) is 17.8 Å². The van der Waals surface area contributed by atoms with Crippen LogP contribution in [-0.2, 0) is 6.54 Å². The molecule has 0 aliphatic heterocycles. The van der Waals surface area contributed by atoms with Crippen molar-refractivity contribution < 1.29 is 0 Å². The molecular weight excluding hydrogens is 180 g/mol. The number of aromatic nitrogens is 1. The summed E-state index contributed by atoms with van der Waals surface area (Å²) in [5.74, 6) is 2.76. The molecular formula is C10H14N2S. The van der Waals surface area contributed by atoms with E-state index >= 15 is 0 Å². The number of rotatable bonds is 3. The standard InChI is InChI=1S/C10H14N2S/c1-5-10(2,3)12(4)8-9-11-6-7-13-9/h1,6-7H,8H2,2-4H3. The van der Waals surface area contributed by atoms with Crippen LogP contribution >= 0.6 is 11.3 Å². The third-order valence-corrected chi connectivity index (χ3v) is 2.93. The van der Waals surface area contributed by atoms with Gasteiger partial charge < -0.3 is 0 Å². The molecule has 0 atom stereocenters. The minimum atomic E-state index is -0.203. The first-order valence-electron chi connectivity index (χ1n) is 4.13. The van der Waals surface area contributed by atoms with Crippen LogP contribution in [0, 0.1) is 12.3 Å². The Hall–Kier alpha value is -0.850. The van der Waals surface area contributed by atoms with Crippen molar-refractivity contribution in [1.29, 1.82) is 0 Å². The fraction of sp³-hybridized carbons (Fsp3) is 0.500. The normalized spacial score (nSPS) is 11.6. The van der Waals surface area contributed by atoms with Crippen molar-refractivity contribution in [3.63, 3.8) is 0 Å². The quantitative estimate of drug-likeness (QED) is 0.684. The third-order valence-electron chi connectivity index (χ3n) is 2.16. The maximum absolute atomic E-state index is 5.43. The molecule has 13 heavy (non-hydrogen) atoms. The van der Waals surface area contributed by atoms with Gasteiger partial charge in [0.2, 0.25) is 0 Å². The Morgan fingerprint density at radius 2 is 2.38 bits per heavy atom. The van der Waals surface area contributed by atoms with Crippen molar-refractivity contribution in [1.82, 2.24) is 9.88 Å². The minimum absolute atomic E-state index is 0.203. The topological polar surface area (TPSA) is 16.1 Å². The molecule has 2 nitrogen and oxygen atoms in total. The van der Waals surface area contributed by atoms with Crippen molar-refractivity contribution in [2.45, 2.75) is 25.9 Å².